The highest BCUT2D eigenvalue weighted by molar-refractivity contribution is 5.99. The normalized spacial score (nSPS) is 11.8. The molecule has 3 heterocycles. The third kappa shape index (κ3) is 3.53. The molecule has 1 aromatic carbocycles. The fraction of sp³-hybridized carbons (Fsp3) is 0.167. The van der Waals surface area contributed by atoms with Crippen LogP contribution in [0.4, 0.5) is 13.2 Å². The van der Waals surface area contributed by atoms with Crippen LogP contribution in [0.1, 0.15) is 27.3 Å². The summed E-state index contributed by atoms with van der Waals surface area (Å²) >= 11 is 0. The first kappa shape index (κ1) is 18.6. The zero-order chi connectivity index (χ0) is 20.8. The number of nitrogens with zero attached hydrogens (tertiary/aromatic N) is 6. The van der Waals surface area contributed by atoms with E-state index in [-0.39, 0.29) is 17.0 Å². The molecule has 0 fully saturated rings. The maximum absolute atomic E-state index is 13.7. The first-order chi connectivity index (χ1) is 13.7. The van der Waals surface area contributed by atoms with E-state index in [9.17, 15) is 18.0 Å². The van der Waals surface area contributed by atoms with Crippen LogP contribution >= 0.6 is 0 Å². The fourth-order valence-electron chi connectivity index (χ4n) is 2.77. The second kappa shape index (κ2) is 6.69. The molecule has 0 unspecified atom stereocenters. The third-order valence-electron chi connectivity index (χ3n) is 4.40. The summed E-state index contributed by atoms with van der Waals surface area (Å²) in [6.45, 7) is 3.78. The van der Waals surface area contributed by atoms with Gasteiger partial charge in [-0.15, -0.1) is 10.2 Å². The second-order valence-corrected chi connectivity index (χ2v) is 6.43. The lowest BCUT2D eigenvalue weighted by atomic mass is 10.0. The standard InChI is InChI=1S/C18H14F3N7O/c1-10-3-4-12(5-11(10)2)13-6-15(18(19,20)21)28-16(24-13)7-14(25-28)17(29)26-27-8-22-23-9-27/h3-9H,1-2H3,(H,26,29). The van der Waals surface area contributed by atoms with Crippen LogP contribution in [0.5, 0.6) is 0 Å². The maximum Gasteiger partial charge on any atom is 0.433 e. The van der Waals surface area contributed by atoms with Crippen LogP contribution in [0, 0.1) is 13.8 Å². The molecule has 0 spiro atoms. The zero-order valence-electron chi connectivity index (χ0n) is 15.3. The first-order valence-electron chi connectivity index (χ1n) is 8.44. The molecule has 0 aliphatic rings. The van der Waals surface area contributed by atoms with Gasteiger partial charge in [0.05, 0.1) is 5.69 Å². The number of nitrogens with one attached hydrogen (secondary N) is 1. The van der Waals surface area contributed by atoms with E-state index in [1.807, 2.05) is 19.9 Å². The Hall–Kier alpha value is -3.76. The molecule has 29 heavy (non-hydrogen) atoms. The van der Waals surface area contributed by atoms with E-state index in [1.54, 1.807) is 12.1 Å². The second-order valence-electron chi connectivity index (χ2n) is 6.43. The molecule has 1 N–H and O–H groups in total. The van der Waals surface area contributed by atoms with Gasteiger partial charge in [0.15, 0.2) is 17.0 Å². The lowest BCUT2D eigenvalue weighted by molar-refractivity contribution is -0.142. The predicted octanol–water partition coefficient (Wildman–Crippen LogP) is 3.01. The molecule has 0 radical (unpaired) electrons. The Kier molecular flexibility index (Phi) is 4.29. The Balaban J connectivity index is 1.83. The number of aromatic nitrogens is 6. The Labute approximate surface area is 162 Å². The van der Waals surface area contributed by atoms with Gasteiger partial charge in [0.1, 0.15) is 12.7 Å². The smallest absolute Gasteiger partial charge is 0.266 e. The van der Waals surface area contributed by atoms with Crippen LogP contribution in [0.15, 0.2) is 43.0 Å². The average Bonchev–Trinajstić information content (AvgIpc) is 3.31. The van der Waals surface area contributed by atoms with Gasteiger partial charge in [0.2, 0.25) is 0 Å². The van der Waals surface area contributed by atoms with Gasteiger partial charge in [-0.1, -0.05) is 12.1 Å². The van der Waals surface area contributed by atoms with Crippen molar-refractivity contribution in [2.45, 2.75) is 20.0 Å². The number of amides is 1. The summed E-state index contributed by atoms with van der Waals surface area (Å²) in [5.74, 6) is -0.726. The van der Waals surface area contributed by atoms with Crippen LogP contribution in [0.25, 0.3) is 16.9 Å². The van der Waals surface area contributed by atoms with E-state index in [4.69, 9.17) is 0 Å². The average molecular weight is 401 g/mol. The third-order valence-corrected chi connectivity index (χ3v) is 4.40. The van der Waals surface area contributed by atoms with Crippen molar-refractivity contribution in [2.75, 3.05) is 5.43 Å². The molecule has 0 aliphatic carbocycles. The Morgan fingerprint density at radius 3 is 2.41 bits per heavy atom. The molecule has 4 rings (SSSR count). The van der Waals surface area contributed by atoms with Crippen LogP contribution in [-0.4, -0.2) is 35.4 Å². The number of hydrogen-bond acceptors (Lipinski definition) is 5. The molecule has 3 aromatic heterocycles. The van der Waals surface area contributed by atoms with Crippen molar-refractivity contribution in [3.05, 3.63) is 65.5 Å². The number of aryl methyl sites for hydroxylation is 2. The van der Waals surface area contributed by atoms with E-state index in [0.29, 0.717) is 10.1 Å². The molecule has 11 heteroatoms. The molecule has 8 nitrogen and oxygen atoms in total. The number of carbonyl (C=O) groups is 1. The number of benzene rings is 1. The minimum Gasteiger partial charge on any atom is -0.266 e. The first-order valence-corrected chi connectivity index (χ1v) is 8.44. The van der Waals surface area contributed by atoms with Gasteiger partial charge in [-0.25, -0.2) is 14.2 Å². The minimum absolute atomic E-state index is 0.0954. The highest BCUT2D eigenvalue weighted by Crippen LogP contribution is 2.32. The van der Waals surface area contributed by atoms with E-state index in [2.05, 4.69) is 25.7 Å². The van der Waals surface area contributed by atoms with Crippen molar-refractivity contribution in [3.63, 3.8) is 0 Å². The molecule has 4 aromatic rings. The quantitative estimate of drug-likeness (QED) is 0.570. The van der Waals surface area contributed by atoms with Gasteiger partial charge < -0.3 is 0 Å². The van der Waals surface area contributed by atoms with Crippen molar-refractivity contribution in [1.29, 1.82) is 0 Å². The zero-order valence-corrected chi connectivity index (χ0v) is 15.3. The van der Waals surface area contributed by atoms with E-state index in [0.717, 1.165) is 21.9 Å². The number of halogens is 3. The molecular formula is C18H14F3N7O. The number of carbonyl (C=O) groups excluding carboxylic acids is 1. The Morgan fingerprint density at radius 1 is 1.03 bits per heavy atom. The van der Waals surface area contributed by atoms with Crippen molar-refractivity contribution >= 4 is 11.6 Å². The Bertz CT molecular complexity index is 1210. The minimum atomic E-state index is -4.69. The maximum atomic E-state index is 13.7. The van der Waals surface area contributed by atoms with Gasteiger partial charge in [-0.2, -0.15) is 18.3 Å². The topological polar surface area (TPSA) is 90.0 Å². The summed E-state index contributed by atoms with van der Waals surface area (Å²) in [5, 5.41) is 10.8. The van der Waals surface area contributed by atoms with Crippen LogP contribution in [0.3, 0.4) is 0 Å². The summed E-state index contributed by atoms with van der Waals surface area (Å²) in [6.07, 6.45) is -2.24. The summed E-state index contributed by atoms with van der Waals surface area (Å²) in [4.78, 5) is 16.6. The van der Waals surface area contributed by atoms with Gasteiger partial charge >= 0.3 is 6.18 Å². The van der Waals surface area contributed by atoms with E-state index < -0.39 is 17.8 Å². The van der Waals surface area contributed by atoms with Gasteiger partial charge in [0, 0.05) is 11.6 Å². The van der Waals surface area contributed by atoms with Gasteiger partial charge in [-0.3, -0.25) is 10.2 Å². The SMILES string of the molecule is Cc1ccc(-c2cc(C(F)(F)F)n3nc(C(=O)Nn4cnnc4)cc3n2)cc1C. The molecule has 0 bridgehead atoms. The van der Waals surface area contributed by atoms with Crippen molar-refractivity contribution in [1.82, 2.24) is 29.5 Å². The predicted molar refractivity (Wildman–Crippen MR) is 96.6 cm³/mol. The van der Waals surface area contributed by atoms with Gasteiger partial charge in [-0.05, 0) is 37.1 Å². The molecule has 1 amide bonds. The molecule has 0 atom stereocenters. The highest BCUT2D eigenvalue weighted by atomic mass is 19.4. The highest BCUT2D eigenvalue weighted by Gasteiger charge is 2.35. The number of fused-ring (bicyclic) bond motifs is 1. The summed E-state index contributed by atoms with van der Waals surface area (Å²) in [6, 6.07) is 7.41. The summed E-state index contributed by atoms with van der Waals surface area (Å²) < 4.78 is 42.8. The van der Waals surface area contributed by atoms with Crippen LogP contribution in [0.2, 0.25) is 0 Å². The van der Waals surface area contributed by atoms with Crippen LogP contribution < -0.4 is 5.43 Å². The Morgan fingerprint density at radius 2 is 1.76 bits per heavy atom. The largest absolute Gasteiger partial charge is 0.433 e. The molecular weight excluding hydrogens is 387 g/mol. The lowest BCUT2D eigenvalue weighted by Crippen LogP contribution is -2.22. The molecule has 0 saturated carbocycles. The number of alkyl halides is 3. The van der Waals surface area contributed by atoms with Crippen molar-refractivity contribution in [3.8, 4) is 11.3 Å². The molecule has 0 aliphatic heterocycles. The summed E-state index contributed by atoms with van der Waals surface area (Å²) in [7, 11) is 0. The monoisotopic (exact) mass is 401 g/mol. The number of hydrogen-bond donors (Lipinski definition) is 1. The molecule has 0 saturated heterocycles. The fourth-order valence-corrected chi connectivity index (χ4v) is 2.77. The van der Waals surface area contributed by atoms with Crippen molar-refractivity contribution in [2.24, 2.45) is 0 Å². The van der Waals surface area contributed by atoms with E-state index >= 15 is 0 Å². The lowest BCUT2D eigenvalue weighted by Gasteiger charge is -2.11. The van der Waals surface area contributed by atoms with E-state index in [1.165, 1.54) is 18.7 Å². The number of rotatable bonds is 3. The molecule has 148 valence electrons. The summed E-state index contributed by atoms with van der Waals surface area (Å²) in [5.41, 5.74) is 3.66. The van der Waals surface area contributed by atoms with Gasteiger partial charge in [0.25, 0.3) is 5.91 Å². The van der Waals surface area contributed by atoms with Crippen LogP contribution in [-0.2, 0) is 6.18 Å². The van der Waals surface area contributed by atoms with Crippen molar-refractivity contribution < 1.29 is 18.0 Å².